The van der Waals surface area contributed by atoms with Gasteiger partial charge in [0.05, 0.1) is 0 Å². The van der Waals surface area contributed by atoms with Crippen molar-refractivity contribution in [2.24, 2.45) is 10.9 Å². The van der Waals surface area contributed by atoms with Crippen molar-refractivity contribution in [2.75, 3.05) is 32.4 Å². The van der Waals surface area contributed by atoms with E-state index in [1.165, 1.54) is 62.5 Å². The summed E-state index contributed by atoms with van der Waals surface area (Å²) in [7, 11) is 2.23. The lowest BCUT2D eigenvalue weighted by Gasteiger charge is -2.28. The number of piperidine rings is 1. The number of hydrogen-bond acceptors (Lipinski definition) is 3. The summed E-state index contributed by atoms with van der Waals surface area (Å²) in [5, 5.41) is 4.94. The fourth-order valence-electron chi connectivity index (χ4n) is 3.55. The highest BCUT2D eigenvalue weighted by Crippen LogP contribution is 2.37. The molecule has 2 heterocycles. The van der Waals surface area contributed by atoms with Gasteiger partial charge in [-0.05, 0) is 45.2 Å². The molecule has 4 heteroatoms. The van der Waals surface area contributed by atoms with E-state index in [0.29, 0.717) is 5.54 Å². The second-order valence-electron chi connectivity index (χ2n) is 6.32. The molecule has 0 aromatic rings. The lowest BCUT2D eigenvalue weighted by Crippen LogP contribution is -2.41. The highest BCUT2D eigenvalue weighted by atomic mass is 32.2. The second kappa shape index (κ2) is 5.41. The SMILES string of the molecule is CN1CCCC(CN=C2NC3(CCCC3)CS2)C1. The van der Waals surface area contributed by atoms with Gasteiger partial charge in [0.2, 0.25) is 0 Å². The van der Waals surface area contributed by atoms with Crippen molar-refractivity contribution >= 4 is 16.9 Å². The quantitative estimate of drug-likeness (QED) is 0.832. The molecule has 1 saturated carbocycles. The van der Waals surface area contributed by atoms with Gasteiger partial charge in [0.15, 0.2) is 5.17 Å². The number of aliphatic imine (C=N–C) groups is 1. The molecule has 3 nitrogen and oxygen atoms in total. The van der Waals surface area contributed by atoms with Gasteiger partial charge in [-0.25, -0.2) is 0 Å². The van der Waals surface area contributed by atoms with Crippen LogP contribution in [0.4, 0.5) is 0 Å². The predicted molar refractivity (Wildman–Crippen MR) is 79.3 cm³/mol. The Kier molecular flexibility index (Phi) is 3.85. The predicted octanol–water partition coefficient (Wildman–Crippen LogP) is 2.33. The van der Waals surface area contributed by atoms with E-state index in [1.807, 2.05) is 11.8 Å². The third-order valence-electron chi connectivity index (χ3n) is 4.63. The van der Waals surface area contributed by atoms with Crippen LogP contribution < -0.4 is 5.32 Å². The summed E-state index contributed by atoms with van der Waals surface area (Å²) in [6, 6.07) is 0. The number of rotatable bonds is 2. The Labute approximate surface area is 115 Å². The van der Waals surface area contributed by atoms with Crippen LogP contribution in [0.25, 0.3) is 0 Å². The molecule has 18 heavy (non-hydrogen) atoms. The van der Waals surface area contributed by atoms with E-state index >= 15 is 0 Å². The fourth-order valence-corrected chi connectivity index (χ4v) is 4.77. The summed E-state index contributed by atoms with van der Waals surface area (Å²) in [6.45, 7) is 3.52. The van der Waals surface area contributed by atoms with Crippen LogP contribution in [0.2, 0.25) is 0 Å². The second-order valence-corrected chi connectivity index (χ2v) is 7.28. The van der Waals surface area contributed by atoms with Gasteiger partial charge in [-0.1, -0.05) is 24.6 Å². The highest BCUT2D eigenvalue weighted by molar-refractivity contribution is 8.14. The van der Waals surface area contributed by atoms with Crippen LogP contribution in [0.15, 0.2) is 4.99 Å². The van der Waals surface area contributed by atoms with Crippen molar-refractivity contribution in [1.29, 1.82) is 0 Å². The van der Waals surface area contributed by atoms with Crippen molar-refractivity contribution in [3.8, 4) is 0 Å². The smallest absolute Gasteiger partial charge is 0.157 e. The summed E-state index contributed by atoms with van der Waals surface area (Å²) in [6.07, 6.45) is 8.20. The Morgan fingerprint density at radius 3 is 3.00 bits per heavy atom. The van der Waals surface area contributed by atoms with Gasteiger partial charge < -0.3 is 10.2 Å². The standard InChI is InChI=1S/C14H25N3S/c1-17-8-4-5-12(10-17)9-15-13-16-14(11-18-13)6-2-3-7-14/h12H,2-11H2,1H3,(H,15,16). The van der Waals surface area contributed by atoms with E-state index in [1.54, 1.807) is 0 Å². The van der Waals surface area contributed by atoms with Crippen molar-refractivity contribution in [3.05, 3.63) is 0 Å². The molecule has 0 bridgehead atoms. The van der Waals surface area contributed by atoms with Gasteiger partial charge in [-0.15, -0.1) is 0 Å². The molecule has 3 rings (SSSR count). The molecule has 0 aromatic heterocycles. The Morgan fingerprint density at radius 2 is 2.22 bits per heavy atom. The lowest BCUT2D eigenvalue weighted by molar-refractivity contribution is 0.214. The summed E-state index contributed by atoms with van der Waals surface area (Å²) in [5.74, 6) is 2.02. The van der Waals surface area contributed by atoms with Crippen molar-refractivity contribution < 1.29 is 0 Å². The molecule has 1 N–H and O–H groups in total. The highest BCUT2D eigenvalue weighted by Gasteiger charge is 2.39. The molecule has 2 aliphatic heterocycles. The molecule has 1 aliphatic carbocycles. The maximum Gasteiger partial charge on any atom is 0.157 e. The van der Waals surface area contributed by atoms with Crippen LogP contribution >= 0.6 is 11.8 Å². The molecule has 102 valence electrons. The molecule has 1 spiro atoms. The third kappa shape index (κ3) is 2.85. The van der Waals surface area contributed by atoms with Gasteiger partial charge in [0.25, 0.3) is 0 Å². The largest absolute Gasteiger partial charge is 0.359 e. The zero-order chi connectivity index (χ0) is 12.4. The molecule has 0 aromatic carbocycles. The van der Waals surface area contributed by atoms with E-state index in [2.05, 4.69) is 17.3 Å². The molecule has 1 unspecified atom stereocenters. The van der Waals surface area contributed by atoms with Crippen molar-refractivity contribution in [1.82, 2.24) is 10.2 Å². The molecular weight excluding hydrogens is 242 g/mol. The average Bonchev–Trinajstić information content (AvgIpc) is 2.98. The summed E-state index contributed by atoms with van der Waals surface area (Å²) in [5.41, 5.74) is 0.423. The minimum absolute atomic E-state index is 0.423. The molecule has 0 radical (unpaired) electrons. The minimum Gasteiger partial charge on any atom is -0.359 e. The number of likely N-dealkylation sites (tertiary alicyclic amines) is 1. The van der Waals surface area contributed by atoms with Crippen LogP contribution in [0.5, 0.6) is 0 Å². The van der Waals surface area contributed by atoms with Gasteiger partial charge in [0, 0.05) is 24.4 Å². The molecule has 3 fully saturated rings. The maximum atomic E-state index is 4.84. The Bertz CT molecular complexity index is 323. The van der Waals surface area contributed by atoms with Crippen molar-refractivity contribution in [2.45, 2.75) is 44.1 Å². The first-order chi connectivity index (χ1) is 8.76. The first-order valence-corrected chi connectivity index (χ1v) is 8.38. The zero-order valence-electron chi connectivity index (χ0n) is 11.5. The van der Waals surface area contributed by atoms with Crippen LogP contribution in [0, 0.1) is 5.92 Å². The minimum atomic E-state index is 0.423. The van der Waals surface area contributed by atoms with Crippen LogP contribution in [-0.2, 0) is 0 Å². The molecule has 2 saturated heterocycles. The number of thioether (sulfide) groups is 1. The maximum absolute atomic E-state index is 4.84. The van der Waals surface area contributed by atoms with E-state index in [9.17, 15) is 0 Å². The lowest BCUT2D eigenvalue weighted by atomic mass is 9.99. The van der Waals surface area contributed by atoms with Crippen LogP contribution in [-0.4, -0.2) is 48.0 Å². The van der Waals surface area contributed by atoms with E-state index in [-0.39, 0.29) is 0 Å². The molecule has 1 atom stereocenters. The Morgan fingerprint density at radius 1 is 1.39 bits per heavy atom. The number of hydrogen-bond donors (Lipinski definition) is 1. The van der Waals surface area contributed by atoms with Gasteiger partial charge in [0.1, 0.15) is 0 Å². The van der Waals surface area contributed by atoms with Crippen LogP contribution in [0.3, 0.4) is 0 Å². The van der Waals surface area contributed by atoms with Gasteiger partial charge in [-0.3, -0.25) is 4.99 Å². The Balaban J connectivity index is 1.51. The molecule has 3 aliphatic rings. The fraction of sp³-hybridized carbons (Fsp3) is 0.929. The summed E-state index contributed by atoms with van der Waals surface area (Å²) < 4.78 is 0. The molecular formula is C14H25N3S. The average molecular weight is 267 g/mol. The number of nitrogens with zero attached hydrogens (tertiary/aromatic N) is 2. The first kappa shape index (κ1) is 12.8. The topological polar surface area (TPSA) is 27.6 Å². The monoisotopic (exact) mass is 267 g/mol. The molecule has 0 amide bonds. The summed E-state index contributed by atoms with van der Waals surface area (Å²) >= 11 is 1.95. The first-order valence-electron chi connectivity index (χ1n) is 7.40. The van der Waals surface area contributed by atoms with E-state index < -0.39 is 0 Å². The van der Waals surface area contributed by atoms with Crippen LogP contribution in [0.1, 0.15) is 38.5 Å². The van der Waals surface area contributed by atoms with E-state index in [4.69, 9.17) is 4.99 Å². The summed E-state index contributed by atoms with van der Waals surface area (Å²) in [4.78, 5) is 7.29. The Hall–Kier alpha value is -0.220. The number of amidine groups is 1. The number of nitrogens with one attached hydrogen (secondary N) is 1. The van der Waals surface area contributed by atoms with Crippen molar-refractivity contribution in [3.63, 3.8) is 0 Å². The van der Waals surface area contributed by atoms with E-state index in [0.717, 1.165) is 12.5 Å². The normalized spacial score (nSPS) is 34.3. The third-order valence-corrected chi connectivity index (χ3v) is 5.83. The zero-order valence-corrected chi connectivity index (χ0v) is 12.3. The van der Waals surface area contributed by atoms with Gasteiger partial charge >= 0.3 is 0 Å². The van der Waals surface area contributed by atoms with Gasteiger partial charge in [-0.2, -0.15) is 0 Å².